The molecule has 1 fully saturated rings. The van der Waals surface area contributed by atoms with E-state index >= 15 is 0 Å². The van der Waals surface area contributed by atoms with Crippen molar-refractivity contribution in [2.75, 3.05) is 0 Å². The molecule has 1 aliphatic carbocycles. The maximum atomic E-state index is 12.1. The van der Waals surface area contributed by atoms with Crippen molar-refractivity contribution < 1.29 is 19.4 Å². The van der Waals surface area contributed by atoms with Crippen molar-refractivity contribution in [2.24, 2.45) is 5.92 Å². The molecule has 0 bridgehead atoms. The number of nitrogens with zero attached hydrogens (tertiary/aromatic N) is 1. The van der Waals surface area contributed by atoms with Crippen molar-refractivity contribution in [3.05, 3.63) is 29.8 Å². The molecule has 0 spiro atoms. The summed E-state index contributed by atoms with van der Waals surface area (Å²) >= 11 is 0. The summed E-state index contributed by atoms with van der Waals surface area (Å²) in [6.45, 7) is 1.60. The molecule has 2 N–H and O–H groups in total. The summed E-state index contributed by atoms with van der Waals surface area (Å²) in [5, 5.41) is 20.8. The molecule has 6 nitrogen and oxygen atoms in total. The van der Waals surface area contributed by atoms with Gasteiger partial charge in [-0.25, -0.2) is 0 Å². The Hall–Kier alpha value is -2.55. The smallest absolute Gasteiger partial charge is 0.306 e. The van der Waals surface area contributed by atoms with E-state index in [1.54, 1.807) is 31.2 Å². The number of nitriles is 1. The number of para-hydroxylation sites is 1. The van der Waals surface area contributed by atoms with Crippen LogP contribution in [0, 0.1) is 17.2 Å². The zero-order chi connectivity index (χ0) is 16.1. The number of carboxylic acid groups (broad SMARTS) is 1. The molecule has 1 saturated carbocycles. The number of hydrogen-bond acceptors (Lipinski definition) is 4. The lowest BCUT2D eigenvalue weighted by molar-refractivity contribution is -0.141. The highest BCUT2D eigenvalue weighted by atomic mass is 16.5. The van der Waals surface area contributed by atoms with Crippen LogP contribution >= 0.6 is 0 Å². The monoisotopic (exact) mass is 302 g/mol. The van der Waals surface area contributed by atoms with Crippen molar-refractivity contribution in [1.29, 1.82) is 5.26 Å². The maximum absolute atomic E-state index is 12.1. The van der Waals surface area contributed by atoms with Crippen molar-refractivity contribution in [2.45, 2.75) is 38.3 Å². The Balaban J connectivity index is 1.90. The van der Waals surface area contributed by atoms with Crippen LogP contribution < -0.4 is 10.1 Å². The van der Waals surface area contributed by atoms with Crippen LogP contribution in [0.4, 0.5) is 0 Å². The molecule has 0 aromatic heterocycles. The molecule has 1 aromatic rings. The maximum Gasteiger partial charge on any atom is 0.306 e. The van der Waals surface area contributed by atoms with E-state index < -0.39 is 12.1 Å². The number of carbonyl (C=O) groups excluding carboxylic acids is 1. The Bertz CT molecular complexity index is 608. The second-order valence-corrected chi connectivity index (χ2v) is 5.42. The Morgan fingerprint density at radius 2 is 2.14 bits per heavy atom. The highest BCUT2D eigenvalue weighted by molar-refractivity contribution is 5.81. The van der Waals surface area contributed by atoms with Crippen LogP contribution in [0.2, 0.25) is 0 Å². The number of aliphatic carboxylic acids is 1. The molecule has 0 saturated heterocycles. The number of benzene rings is 1. The summed E-state index contributed by atoms with van der Waals surface area (Å²) in [7, 11) is 0. The summed E-state index contributed by atoms with van der Waals surface area (Å²) in [5.74, 6) is -1.14. The van der Waals surface area contributed by atoms with Gasteiger partial charge in [-0.3, -0.25) is 9.59 Å². The lowest BCUT2D eigenvalue weighted by atomic mass is 10.1. The second kappa shape index (κ2) is 6.94. The molecule has 0 heterocycles. The number of carbonyl (C=O) groups is 2. The van der Waals surface area contributed by atoms with E-state index in [-0.39, 0.29) is 17.9 Å². The topological polar surface area (TPSA) is 99.4 Å². The summed E-state index contributed by atoms with van der Waals surface area (Å²) in [5.41, 5.74) is 0.369. The van der Waals surface area contributed by atoms with Crippen molar-refractivity contribution in [1.82, 2.24) is 5.32 Å². The Kier molecular flexibility index (Phi) is 4.99. The van der Waals surface area contributed by atoms with Crippen molar-refractivity contribution in [3.63, 3.8) is 0 Å². The SMILES string of the molecule is CC(Oc1ccccc1C#N)C(=O)N[C@@H]1CC[C@H](C(=O)O)C1. The normalized spacial score (nSPS) is 21.6. The number of nitrogens with one attached hydrogen (secondary N) is 1. The zero-order valence-corrected chi connectivity index (χ0v) is 12.3. The number of hydrogen-bond donors (Lipinski definition) is 2. The fourth-order valence-electron chi connectivity index (χ4n) is 2.56. The van der Waals surface area contributed by atoms with Gasteiger partial charge in [-0.05, 0) is 38.3 Å². The fourth-order valence-corrected chi connectivity index (χ4v) is 2.56. The molecule has 1 aliphatic rings. The van der Waals surface area contributed by atoms with Crippen LogP contribution in [0.15, 0.2) is 24.3 Å². The minimum absolute atomic E-state index is 0.133. The molecule has 1 amide bonds. The average molecular weight is 302 g/mol. The quantitative estimate of drug-likeness (QED) is 0.862. The average Bonchev–Trinajstić information content (AvgIpc) is 2.96. The molecular formula is C16H18N2O4. The standard InChI is InChI=1S/C16H18N2O4/c1-10(22-14-5-3-2-4-12(14)9-17)15(19)18-13-7-6-11(8-13)16(20)21/h2-5,10-11,13H,6-8H2,1H3,(H,18,19)(H,20,21)/t10?,11-,13+/m0/s1. The van der Waals surface area contributed by atoms with Crippen LogP contribution in [-0.4, -0.2) is 29.1 Å². The summed E-state index contributed by atoms with van der Waals surface area (Å²) in [4.78, 5) is 23.0. The van der Waals surface area contributed by atoms with Crippen LogP contribution in [-0.2, 0) is 9.59 Å². The van der Waals surface area contributed by atoms with Crippen LogP contribution in [0.5, 0.6) is 5.75 Å². The van der Waals surface area contributed by atoms with Gasteiger partial charge in [0.15, 0.2) is 6.10 Å². The predicted molar refractivity (Wildman–Crippen MR) is 78.2 cm³/mol. The number of ether oxygens (including phenoxy) is 1. The van der Waals surface area contributed by atoms with E-state index in [0.29, 0.717) is 30.6 Å². The van der Waals surface area contributed by atoms with Gasteiger partial charge in [0.2, 0.25) is 0 Å². The first-order valence-electron chi connectivity index (χ1n) is 7.20. The van der Waals surface area contributed by atoms with Gasteiger partial charge < -0.3 is 15.2 Å². The van der Waals surface area contributed by atoms with Gasteiger partial charge in [-0.2, -0.15) is 5.26 Å². The van der Waals surface area contributed by atoms with Crippen molar-refractivity contribution >= 4 is 11.9 Å². The van der Waals surface area contributed by atoms with Crippen LogP contribution in [0.25, 0.3) is 0 Å². The summed E-state index contributed by atoms with van der Waals surface area (Å²) < 4.78 is 5.53. The van der Waals surface area contributed by atoms with Crippen LogP contribution in [0.1, 0.15) is 31.7 Å². The first kappa shape index (κ1) is 15.8. The van der Waals surface area contributed by atoms with Gasteiger partial charge in [0.25, 0.3) is 5.91 Å². The molecule has 0 aliphatic heterocycles. The minimum Gasteiger partial charge on any atom is -0.481 e. The predicted octanol–water partition coefficient (Wildman–Crippen LogP) is 1.70. The van der Waals surface area contributed by atoms with Gasteiger partial charge in [-0.1, -0.05) is 12.1 Å². The molecule has 116 valence electrons. The molecule has 1 unspecified atom stereocenters. The van der Waals surface area contributed by atoms with Crippen LogP contribution in [0.3, 0.4) is 0 Å². The largest absolute Gasteiger partial charge is 0.481 e. The third kappa shape index (κ3) is 3.76. The Morgan fingerprint density at radius 3 is 2.77 bits per heavy atom. The summed E-state index contributed by atoms with van der Waals surface area (Å²) in [6.07, 6.45) is 0.929. The van der Waals surface area contributed by atoms with Gasteiger partial charge in [0, 0.05) is 6.04 Å². The number of carboxylic acids is 1. The lowest BCUT2D eigenvalue weighted by Gasteiger charge is -2.18. The fraction of sp³-hybridized carbons (Fsp3) is 0.438. The Morgan fingerprint density at radius 1 is 1.41 bits per heavy atom. The molecule has 6 heteroatoms. The first-order valence-corrected chi connectivity index (χ1v) is 7.20. The third-order valence-electron chi connectivity index (χ3n) is 3.81. The van der Waals surface area contributed by atoms with Gasteiger partial charge in [0.1, 0.15) is 11.8 Å². The summed E-state index contributed by atoms with van der Waals surface area (Å²) in [6, 6.07) is 8.59. The highest BCUT2D eigenvalue weighted by Gasteiger charge is 2.31. The van der Waals surface area contributed by atoms with E-state index in [9.17, 15) is 9.59 Å². The molecule has 1 aromatic carbocycles. The van der Waals surface area contributed by atoms with E-state index in [4.69, 9.17) is 15.1 Å². The second-order valence-electron chi connectivity index (χ2n) is 5.42. The molecular weight excluding hydrogens is 284 g/mol. The molecule has 22 heavy (non-hydrogen) atoms. The molecule has 0 radical (unpaired) electrons. The zero-order valence-electron chi connectivity index (χ0n) is 12.3. The first-order chi connectivity index (χ1) is 10.5. The third-order valence-corrected chi connectivity index (χ3v) is 3.81. The minimum atomic E-state index is -0.816. The van der Waals surface area contributed by atoms with E-state index in [0.717, 1.165) is 0 Å². The van der Waals surface area contributed by atoms with Gasteiger partial charge in [0.05, 0.1) is 11.5 Å². The Labute approximate surface area is 128 Å². The highest BCUT2D eigenvalue weighted by Crippen LogP contribution is 2.26. The van der Waals surface area contributed by atoms with E-state index in [2.05, 4.69) is 5.32 Å². The molecule has 2 rings (SSSR count). The number of rotatable bonds is 5. The van der Waals surface area contributed by atoms with E-state index in [1.165, 1.54) is 0 Å². The lowest BCUT2D eigenvalue weighted by Crippen LogP contribution is -2.41. The van der Waals surface area contributed by atoms with Gasteiger partial charge >= 0.3 is 5.97 Å². The van der Waals surface area contributed by atoms with E-state index in [1.807, 2.05) is 6.07 Å². The van der Waals surface area contributed by atoms with Gasteiger partial charge in [-0.15, -0.1) is 0 Å². The van der Waals surface area contributed by atoms with Crippen molar-refractivity contribution in [3.8, 4) is 11.8 Å². The number of amides is 1. The molecule has 3 atom stereocenters.